The molecule has 2 aromatic rings. The first kappa shape index (κ1) is 17.8. The maximum absolute atomic E-state index is 13.7. The summed E-state index contributed by atoms with van der Waals surface area (Å²) in [4.78, 5) is 24.8. The van der Waals surface area contributed by atoms with Crippen molar-refractivity contribution in [1.29, 1.82) is 0 Å². The van der Waals surface area contributed by atoms with Gasteiger partial charge in [-0.25, -0.2) is 18.6 Å². The lowest BCUT2D eigenvalue weighted by molar-refractivity contribution is 0.262. The second-order valence-electron chi connectivity index (χ2n) is 6.20. The molecule has 0 unspecified atom stereocenters. The van der Waals surface area contributed by atoms with Gasteiger partial charge >= 0.3 is 6.03 Å². The molecule has 9 heteroatoms. The minimum atomic E-state index is -0.727. The fourth-order valence-corrected chi connectivity index (χ4v) is 2.73. The van der Waals surface area contributed by atoms with Crippen LogP contribution in [0.1, 0.15) is 12.8 Å². The van der Waals surface area contributed by atoms with Crippen molar-refractivity contribution in [2.75, 3.05) is 47.6 Å². The molecule has 2 heterocycles. The number of anilines is 4. The van der Waals surface area contributed by atoms with E-state index in [9.17, 15) is 13.6 Å². The second kappa shape index (κ2) is 7.51. The fourth-order valence-electron chi connectivity index (χ4n) is 2.73. The number of aromatic nitrogens is 2. The lowest BCUT2D eigenvalue weighted by atomic mass is 10.3. The van der Waals surface area contributed by atoms with Crippen molar-refractivity contribution in [3.8, 4) is 0 Å². The summed E-state index contributed by atoms with van der Waals surface area (Å²) >= 11 is 0. The van der Waals surface area contributed by atoms with Gasteiger partial charge in [-0.15, -0.1) is 0 Å². The Morgan fingerprint density at radius 1 is 1.15 bits per heavy atom. The highest BCUT2D eigenvalue weighted by molar-refractivity contribution is 6.01. The molecule has 2 amide bonds. The first-order valence-corrected chi connectivity index (χ1v) is 8.26. The van der Waals surface area contributed by atoms with Crippen molar-refractivity contribution in [3.05, 3.63) is 36.0 Å². The van der Waals surface area contributed by atoms with E-state index in [0.717, 1.165) is 44.1 Å². The average molecular weight is 362 g/mol. The van der Waals surface area contributed by atoms with Crippen LogP contribution in [0.4, 0.5) is 36.7 Å². The summed E-state index contributed by atoms with van der Waals surface area (Å²) in [5, 5.41) is 4.87. The van der Waals surface area contributed by atoms with E-state index in [4.69, 9.17) is 0 Å². The summed E-state index contributed by atoms with van der Waals surface area (Å²) in [6, 6.07) is 2.13. The van der Waals surface area contributed by atoms with Crippen LogP contribution in [0.2, 0.25) is 0 Å². The molecule has 1 aromatic carbocycles. The van der Waals surface area contributed by atoms with Crippen LogP contribution in [0.25, 0.3) is 0 Å². The minimum absolute atomic E-state index is 0.247. The number of hydrogen-bond donors (Lipinski definition) is 2. The van der Waals surface area contributed by atoms with Crippen LogP contribution >= 0.6 is 0 Å². The number of hydrogen-bond acceptors (Lipinski definition) is 5. The zero-order valence-electron chi connectivity index (χ0n) is 14.6. The molecule has 7 nitrogen and oxygen atoms in total. The number of rotatable bonds is 4. The average Bonchev–Trinajstić information content (AvgIpc) is 3.13. The smallest absolute Gasteiger partial charge is 0.323 e. The van der Waals surface area contributed by atoms with Gasteiger partial charge in [0.15, 0.2) is 5.82 Å². The Labute approximate surface area is 150 Å². The van der Waals surface area contributed by atoms with Gasteiger partial charge in [0.25, 0.3) is 0 Å². The SMILES string of the molecule is CN(C)c1nc(N2CCCC2)ncc1NC(=O)Nc1cc(F)ccc1F. The molecular weight excluding hydrogens is 342 g/mol. The first-order chi connectivity index (χ1) is 12.4. The van der Waals surface area contributed by atoms with Crippen LogP contribution in [-0.2, 0) is 0 Å². The molecule has 0 bridgehead atoms. The molecule has 1 aliphatic rings. The monoisotopic (exact) mass is 362 g/mol. The van der Waals surface area contributed by atoms with Crippen molar-refractivity contribution in [3.63, 3.8) is 0 Å². The summed E-state index contributed by atoms with van der Waals surface area (Å²) in [5.41, 5.74) is 0.121. The van der Waals surface area contributed by atoms with Gasteiger partial charge < -0.3 is 20.4 Å². The maximum atomic E-state index is 13.7. The van der Waals surface area contributed by atoms with E-state index in [2.05, 4.69) is 25.5 Å². The lowest BCUT2D eigenvalue weighted by Gasteiger charge is -2.21. The summed E-state index contributed by atoms with van der Waals surface area (Å²) in [7, 11) is 3.59. The Hall–Kier alpha value is -2.97. The van der Waals surface area contributed by atoms with Crippen molar-refractivity contribution >= 4 is 29.2 Å². The molecule has 26 heavy (non-hydrogen) atoms. The van der Waals surface area contributed by atoms with E-state index in [1.807, 2.05) is 0 Å². The largest absolute Gasteiger partial charge is 0.361 e. The normalized spacial score (nSPS) is 13.6. The van der Waals surface area contributed by atoms with Crippen LogP contribution in [0.3, 0.4) is 0 Å². The summed E-state index contributed by atoms with van der Waals surface area (Å²) in [6.07, 6.45) is 3.71. The lowest BCUT2D eigenvalue weighted by Crippen LogP contribution is -2.25. The van der Waals surface area contributed by atoms with Crippen LogP contribution in [-0.4, -0.2) is 43.2 Å². The molecule has 1 saturated heterocycles. The van der Waals surface area contributed by atoms with Crippen LogP contribution in [0.5, 0.6) is 0 Å². The van der Waals surface area contributed by atoms with Crippen molar-refractivity contribution < 1.29 is 13.6 Å². The Morgan fingerprint density at radius 2 is 1.85 bits per heavy atom. The Morgan fingerprint density at radius 3 is 2.54 bits per heavy atom. The van der Waals surface area contributed by atoms with Gasteiger partial charge in [-0.3, -0.25) is 0 Å². The van der Waals surface area contributed by atoms with Gasteiger partial charge in [-0.2, -0.15) is 4.98 Å². The number of urea groups is 1. The van der Waals surface area contributed by atoms with Gasteiger partial charge in [-0.1, -0.05) is 0 Å². The number of halogens is 2. The zero-order valence-corrected chi connectivity index (χ0v) is 14.6. The summed E-state index contributed by atoms with van der Waals surface area (Å²) in [6.45, 7) is 1.80. The van der Waals surface area contributed by atoms with Gasteiger partial charge in [0, 0.05) is 33.3 Å². The van der Waals surface area contributed by atoms with Crippen molar-refractivity contribution in [2.24, 2.45) is 0 Å². The third-order valence-electron chi connectivity index (χ3n) is 3.99. The van der Waals surface area contributed by atoms with Crippen LogP contribution in [0.15, 0.2) is 24.4 Å². The summed E-state index contributed by atoms with van der Waals surface area (Å²) in [5.74, 6) is -0.242. The predicted octanol–water partition coefficient (Wildman–Crippen LogP) is 3.07. The minimum Gasteiger partial charge on any atom is -0.361 e. The highest BCUT2D eigenvalue weighted by atomic mass is 19.1. The number of nitrogens with zero attached hydrogens (tertiary/aromatic N) is 4. The molecule has 3 rings (SSSR count). The van der Waals surface area contributed by atoms with Gasteiger partial charge in [-0.05, 0) is 25.0 Å². The number of amides is 2. The van der Waals surface area contributed by atoms with E-state index >= 15 is 0 Å². The fraction of sp³-hybridized carbons (Fsp3) is 0.353. The Bertz CT molecular complexity index is 808. The van der Waals surface area contributed by atoms with Crippen molar-refractivity contribution in [2.45, 2.75) is 12.8 Å². The quantitative estimate of drug-likeness (QED) is 0.875. The molecule has 0 saturated carbocycles. The number of carbonyl (C=O) groups excluding carboxylic acids is 1. The molecule has 0 atom stereocenters. The van der Waals surface area contributed by atoms with Gasteiger partial charge in [0.05, 0.1) is 11.9 Å². The maximum Gasteiger partial charge on any atom is 0.323 e. The first-order valence-electron chi connectivity index (χ1n) is 8.26. The Kier molecular flexibility index (Phi) is 5.15. The van der Waals surface area contributed by atoms with Crippen molar-refractivity contribution in [1.82, 2.24) is 9.97 Å². The molecular formula is C17H20F2N6O. The highest BCUT2D eigenvalue weighted by Crippen LogP contribution is 2.25. The highest BCUT2D eigenvalue weighted by Gasteiger charge is 2.19. The topological polar surface area (TPSA) is 73.4 Å². The third-order valence-corrected chi connectivity index (χ3v) is 3.99. The molecule has 2 N–H and O–H groups in total. The van der Waals surface area contributed by atoms with E-state index in [1.54, 1.807) is 19.0 Å². The van der Waals surface area contributed by atoms with Crippen LogP contribution in [0, 0.1) is 11.6 Å². The van der Waals surface area contributed by atoms with E-state index in [-0.39, 0.29) is 5.69 Å². The number of nitrogens with one attached hydrogen (secondary N) is 2. The third kappa shape index (κ3) is 3.98. The van der Waals surface area contributed by atoms with Gasteiger partial charge in [0.2, 0.25) is 5.95 Å². The Balaban J connectivity index is 1.77. The molecule has 138 valence electrons. The van der Waals surface area contributed by atoms with Crippen LogP contribution < -0.4 is 20.4 Å². The zero-order chi connectivity index (χ0) is 18.7. The second-order valence-corrected chi connectivity index (χ2v) is 6.20. The van der Waals surface area contributed by atoms with E-state index < -0.39 is 17.7 Å². The van der Waals surface area contributed by atoms with Gasteiger partial charge in [0.1, 0.15) is 17.3 Å². The molecule has 1 aromatic heterocycles. The number of carbonyl (C=O) groups is 1. The molecule has 0 aliphatic carbocycles. The number of benzene rings is 1. The predicted molar refractivity (Wildman–Crippen MR) is 96.8 cm³/mol. The summed E-state index contributed by atoms with van der Waals surface area (Å²) < 4.78 is 26.9. The molecule has 0 spiro atoms. The van der Waals surface area contributed by atoms with E-state index in [1.165, 1.54) is 6.20 Å². The molecule has 0 radical (unpaired) electrons. The standard InChI is InChI=1S/C17H20F2N6O/c1-24(2)15-14(10-20-16(23-15)25-7-3-4-8-25)22-17(26)21-13-9-11(18)5-6-12(13)19/h5-6,9-10H,3-4,7-8H2,1-2H3,(H2,21,22,26). The molecule has 1 aliphatic heterocycles. The molecule has 1 fully saturated rings. The van der Waals surface area contributed by atoms with E-state index in [0.29, 0.717) is 17.5 Å².